The largest absolute Gasteiger partial charge is 0.500 e. The van der Waals surface area contributed by atoms with Crippen molar-refractivity contribution in [2.24, 2.45) is 5.92 Å². The highest BCUT2D eigenvalue weighted by atomic mass is 127. The number of rotatable bonds is 14. The summed E-state index contributed by atoms with van der Waals surface area (Å²) in [6.45, 7) is 0. The summed E-state index contributed by atoms with van der Waals surface area (Å²) in [5.41, 5.74) is -0.115. The van der Waals surface area contributed by atoms with E-state index in [-0.39, 0.29) is 16.4 Å². The van der Waals surface area contributed by atoms with Gasteiger partial charge >= 0.3 is 24.9 Å². The molecule has 0 bridgehead atoms. The van der Waals surface area contributed by atoms with Crippen molar-refractivity contribution in [1.29, 1.82) is 0 Å². The maximum absolute atomic E-state index is 15.1. The summed E-state index contributed by atoms with van der Waals surface area (Å²) in [6.07, 6.45) is 0.483. The molecule has 0 amide bonds. The first-order chi connectivity index (χ1) is 24.8. The number of ether oxygens (including phenoxy) is 1. The molecular weight excluding hydrogens is 1180 g/mol. The molecule has 1 fully saturated rings. The number of aliphatic hydroxyl groups is 1. The summed E-state index contributed by atoms with van der Waals surface area (Å²) in [5.74, 6) is -0.736. The predicted octanol–water partition coefficient (Wildman–Crippen LogP) is 9.66. The fourth-order valence-electron chi connectivity index (χ4n) is 6.28. The van der Waals surface area contributed by atoms with Gasteiger partial charge in [0.25, 0.3) is 0 Å². The Bertz CT molecular complexity index is 1850. The molecule has 1 aliphatic rings. The van der Waals surface area contributed by atoms with Crippen LogP contribution in [0, 0.1) is 20.2 Å². The van der Waals surface area contributed by atoms with Gasteiger partial charge in [0.05, 0.1) is 11.7 Å². The van der Waals surface area contributed by atoms with Crippen LogP contribution in [0.1, 0.15) is 36.0 Å². The minimum atomic E-state index is -4.71. The Hall–Kier alpha value is -0.413. The molecule has 0 saturated heterocycles. The van der Waals surface area contributed by atoms with Crippen LogP contribution in [-0.2, 0) is 31.8 Å². The van der Waals surface area contributed by atoms with Crippen molar-refractivity contribution in [1.82, 2.24) is 0 Å². The highest BCUT2D eigenvalue weighted by Crippen LogP contribution is 2.70. The van der Waals surface area contributed by atoms with Crippen molar-refractivity contribution in [3.63, 3.8) is 0 Å². The molecule has 3 atom stereocenters. The van der Waals surface area contributed by atoms with Gasteiger partial charge in [0.2, 0.25) is 0 Å². The summed E-state index contributed by atoms with van der Waals surface area (Å²) < 4.78 is 61.9. The third kappa shape index (κ3) is 9.07. The summed E-state index contributed by atoms with van der Waals surface area (Å²) in [4.78, 5) is 16.1. The van der Waals surface area contributed by atoms with E-state index in [0.29, 0.717) is 54.3 Å². The Morgan fingerprint density at radius 1 is 0.731 bits per heavy atom. The lowest BCUT2D eigenvalue weighted by molar-refractivity contribution is -0.0486. The highest BCUT2D eigenvalue weighted by molar-refractivity contribution is 14.1. The average Bonchev–Trinajstić information content (AvgIpc) is 3.17. The zero-order valence-corrected chi connectivity index (χ0v) is 39.7. The lowest BCUT2D eigenvalue weighted by Gasteiger charge is -2.39. The molecular formula is C36H38I4O9S2Si. The maximum atomic E-state index is 15.1. The molecule has 0 spiro atoms. The van der Waals surface area contributed by atoms with E-state index in [9.17, 15) is 9.90 Å². The summed E-state index contributed by atoms with van der Waals surface area (Å²) in [5, 5.41) is 11.0. The van der Waals surface area contributed by atoms with Crippen LogP contribution in [0.25, 0.3) is 0 Å². The van der Waals surface area contributed by atoms with E-state index in [0.717, 1.165) is 6.42 Å². The number of benzene rings is 4. The highest BCUT2D eigenvalue weighted by Gasteiger charge is 2.44. The Morgan fingerprint density at radius 3 is 1.65 bits per heavy atom. The number of aliphatic hydroxyl groups excluding tert-OH is 1. The number of hydrogen-bond donors (Lipinski definition) is 1. The lowest BCUT2D eigenvalue weighted by Crippen LogP contribution is -2.44. The third-order valence-electron chi connectivity index (χ3n) is 9.01. The van der Waals surface area contributed by atoms with Crippen molar-refractivity contribution >= 4 is 126 Å². The van der Waals surface area contributed by atoms with E-state index >= 15 is 8.42 Å². The quantitative estimate of drug-likeness (QED) is 0.0433. The first kappa shape index (κ1) is 42.7. The van der Waals surface area contributed by atoms with Crippen LogP contribution in [-0.4, -0.2) is 61.8 Å². The van der Waals surface area contributed by atoms with Crippen molar-refractivity contribution < 1.29 is 40.0 Å². The molecule has 1 aliphatic carbocycles. The van der Waals surface area contributed by atoms with Gasteiger partial charge < -0.3 is 23.1 Å². The fourth-order valence-corrected chi connectivity index (χ4v) is 18.2. The molecule has 0 radical (unpaired) electrons. The first-order valence-corrected chi connectivity index (χ1v) is 25.4. The number of halogens is 4. The van der Waals surface area contributed by atoms with Crippen LogP contribution >= 0.6 is 101 Å². The normalized spacial score (nSPS) is 18.6. The van der Waals surface area contributed by atoms with E-state index in [4.69, 9.17) is 21.6 Å². The van der Waals surface area contributed by atoms with E-state index in [1.165, 1.54) is 0 Å². The van der Waals surface area contributed by atoms with Crippen molar-refractivity contribution in [3.05, 3.63) is 111 Å². The van der Waals surface area contributed by atoms with Crippen LogP contribution < -0.4 is 0 Å². The molecule has 4 aromatic rings. The van der Waals surface area contributed by atoms with Crippen LogP contribution in [0.4, 0.5) is 0 Å². The SMILES string of the molecule is CO[Si](CCC1CCC(O)C(OC(=O)c2c(I)c(I)c(I)c(I)c2S(=O)(=O)OS(c2ccccc2)(c2ccccc2)c2ccccc2)C1)(OC)OC. The maximum Gasteiger partial charge on any atom is 0.500 e. The van der Waals surface area contributed by atoms with Crippen LogP contribution in [0.2, 0.25) is 6.04 Å². The smallest absolute Gasteiger partial charge is 0.456 e. The number of esters is 1. The molecule has 0 aliphatic heterocycles. The molecule has 1 N–H and O–H groups in total. The summed E-state index contributed by atoms with van der Waals surface area (Å²) >= 11 is 8.22. The first-order valence-electron chi connectivity index (χ1n) is 16.2. The van der Waals surface area contributed by atoms with E-state index < -0.39 is 47.4 Å². The predicted molar refractivity (Wildman–Crippen MR) is 236 cm³/mol. The zero-order chi connectivity index (χ0) is 37.7. The van der Waals surface area contributed by atoms with E-state index in [1.807, 2.05) is 136 Å². The lowest BCUT2D eigenvalue weighted by atomic mass is 9.84. The van der Waals surface area contributed by atoms with Crippen molar-refractivity contribution in [2.75, 3.05) is 21.3 Å². The van der Waals surface area contributed by atoms with Gasteiger partial charge in [-0.2, -0.15) is 8.42 Å². The minimum Gasteiger partial charge on any atom is -0.456 e. The standard InChI is InChI=1S/C36H38I4O9S2Si/c1-45-52(46-2,47-3)22-21-24-19-20-28(41)29(23-24)48-36(42)30-31(37)32(38)33(39)34(40)35(30)51(43,44)49-50(25-13-7-4-8-14-25,26-15-9-5-10-16-26)27-17-11-6-12-18-27/h4-18,24,28-29,41H,19-23H2,1-3H3. The van der Waals surface area contributed by atoms with Gasteiger partial charge in [-0.1, -0.05) is 54.6 Å². The van der Waals surface area contributed by atoms with Gasteiger partial charge in [-0.15, -0.1) is 0 Å². The zero-order valence-electron chi connectivity index (χ0n) is 28.5. The number of hydrogen-bond acceptors (Lipinski definition) is 9. The molecule has 3 unspecified atom stereocenters. The molecule has 16 heteroatoms. The molecule has 52 heavy (non-hydrogen) atoms. The molecule has 5 rings (SSSR count). The van der Waals surface area contributed by atoms with Gasteiger partial charge in [-0.3, -0.25) is 0 Å². The molecule has 0 heterocycles. The molecule has 280 valence electrons. The number of carbonyl (C=O) groups is 1. The molecule has 1 saturated carbocycles. The van der Waals surface area contributed by atoms with Gasteiger partial charge in [0.1, 0.15) is 11.0 Å². The Morgan fingerprint density at radius 2 is 1.19 bits per heavy atom. The second-order valence-electron chi connectivity index (χ2n) is 12.0. The third-order valence-corrected chi connectivity index (χ3v) is 24.8. The molecule has 0 aromatic heterocycles. The second kappa shape index (κ2) is 18.7. The Kier molecular flexibility index (Phi) is 15.4. The van der Waals surface area contributed by atoms with E-state index in [1.54, 1.807) is 21.3 Å². The van der Waals surface area contributed by atoms with Gasteiger partial charge in [-0.05, 0) is 169 Å². The second-order valence-corrected chi connectivity index (χ2v) is 23.8. The van der Waals surface area contributed by atoms with Gasteiger partial charge in [0, 0.05) is 56.3 Å². The monoisotopic (exact) mass is 1210 g/mol. The van der Waals surface area contributed by atoms with Crippen LogP contribution in [0.3, 0.4) is 0 Å². The molecule has 4 aromatic carbocycles. The fraction of sp³-hybridized carbons (Fsp3) is 0.306. The topological polar surface area (TPSA) is 118 Å². The van der Waals surface area contributed by atoms with Gasteiger partial charge in [-0.25, -0.2) is 8.42 Å². The minimum absolute atomic E-state index is 0.1000. The van der Waals surface area contributed by atoms with Crippen molar-refractivity contribution in [2.45, 2.75) is 63.5 Å². The number of carbonyl (C=O) groups excluding carboxylic acids is 1. The van der Waals surface area contributed by atoms with Crippen molar-refractivity contribution in [3.8, 4) is 0 Å². The van der Waals surface area contributed by atoms with E-state index in [2.05, 4.69) is 45.2 Å². The average molecular weight is 1210 g/mol. The van der Waals surface area contributed by atoms with Crippen LogP contribution in [0.5, 0.6) is 0 Å². The Balaban J connectivity index is 1.59. The Labute approximate surface area is 362 Å². The molecule has 9 nitrogen and oxygen atoms in total. The summed E-state index contributed by atoms with van der Waals surface area (Å²) in [6, 6.07) is 28.5. The van der Waals surface area contributed by atoms with Crippen LogP contribution in [0.15, 0.2) is 111 Å². The van der Waals surface area contributed by atoms with Gasteiger partial charge in [0.15, 0.2) is 0 Å². The summed E-state index contributed by atoms with van der Waals surface area (Å²) in [7, 11) is -5.75.